The van der Waals surface area contributed by atoms with Crippen molar-refractivity contribution in [1.82, 2.24) is 19.8 Å². The Morgan fingerprint density at radius 3 is 2.65 bits per heavy atom. The number of urea groups is 1. The predicted octanol–water partition coefficient (Wildman–Crippen LogP) is 3.86. The number of fused-ring (bicyclic) bond motifs is 1. The Balaban J connectivity index is 1.61. The zero-order chi connectivity index (χ0) is 21.8. The average Bonchev–Trinajstić information content (AvgIpc) is 2.79. The fourth-order valence-corrected chi connectivity index (χ4v) is 3.77. The fourth-order valence-electron chi connectivity index (χ4n) is 3.77. The highest BCUT2D eigenvalue weighted by atomic mass is 16.5. The molecule has 0 unspecified atom stereocenters. The van der Waals surface area contributed by atoms with Gasteiger partial charge < -0.3 is 25.2 Å². The van der Waals surface area contributed by atoms with Gasteiger partial charge in [-0.3, -0.25) is 0 Å². The standard InChI is InChI=1S/C23H28N6O2/c1-4-28-8-10-29(11-9-28)23(30)27-20-13-18-19(14-21(20)31-3)24-15-25-22(18)26-17-7-5-6-16(2)12-17/h5-7,12-15H,4,8-11H2,1-3H3,(H,27,30)(H,24,25,26). The van der Waals surface area contributed by atoms with Gasteiger partial charge in [0, 0.05) is 43.3 Å². The maximum Gasteiger partial charge on any atom is 0.322 e. The first-order valence-corrected chi connectivity index (χ1v) is 10.5. The molecule has 3 aromatic rings. The second kappa shape index (κ2) is 9.18. The van der Waals surface area contributed by atoms with Crippen LogP contribution in [0.1, 0.15) is 12.5 Å². The molecular weight excluding hydrogens is 392 g/mol. The number of aromatic nitrogens is 2. The van der Waals surface area contributed by atoms with Gasteiger partial charge in [0.05, 0.1) is 18.3 Å². The van der Waals surface area contributed by atoms with Gasteiger partial charge >= 0.3 is 6.03 Å². The normalized spacial score (nSPS) is 14.5. The molecule has 1 aromatic heterocycles. The second-order valence-corrected chi connectivity index (χ2v) is 7.64. The Kier molecular flexibility index (Phi) is 6.18. The lowest BCUT2D eigenvalue weighted by Crippen LogP contribution is -2.49. The summed E-state index contributed by atoms with van der Waals surface area (Å²) < 4.78 is 5.53. The Hall–Kier alpha value is -3.39. The monoisotopic (exact) mass is 420 g/mol. The molecule has 1 fully saturated rings. The molecule has 8 nitrogen and oxygen atoms in total. The Morgan fingerprint density at radius 2 is 1.94 bits per heavy atom. The van der Waals surface area contributed by atoms with Gasteiger partial charge in [-0.15, -0.1) is 0 Å². The number of rotatable bonds is 5. The van der Waals surface area contributed by atoms with Crippen molar-refractivity contribution in [2.45, 2.75) is 13.8 Å². The number of nitrogens with zero attached hydrogens (tertiary/aromatic N) is 4. The summed E-state index contributed by atoms with van der Waals surface area (Å²) in [6.07, 6.45) is 1.52. The lowest BCUT2D eigenvalue weighted by Gasteiger charge is -2.34. The van der Waals surface area contributed by atoms with Gasteiger partial charge in [-0.2, -0.15) is 0 Å². The van der Waals surface area contributed by atoms with Crippen molar-refractivity contribution < 1.29 is 9.53 Å². The second-order valence-electron chi connectivity index (χ2n) is 7.64. The molecule has 1 aliphatic heterocycles. The molecule has 1 aliphatic rings. The molecule has 1 saturated heterocycles. The molecule has 2 N–H and O–H groups in total. The van der Waals surface area contributed by atoms with Crippen LogP contribution < -0.4 is 15.4 Å². The minimum Gasteiger partial charge on any atom is -0.494 e. The molecule has 0 spiro atoms. The van der Waals surface area contributed by atoms with E-state index >= 15 is 0 Å². The van der Waals surface area contributed by atoms with Crippen LogP contribution in [0, 0.1) is 6.92 Å². The Labute approximate surface area is 182 Å². The molecule has 2 amide bonds. The minimum absolute atomic E-state index is 0.126. The van der Waals surface area contributed by atoms with Crippen molar-refractivity contribution in [3.05, 3.63) is 48.3 Å². The molecule has 0 saturated carbocycles. The number of anilines is 3. The number of benzene rings is 2. The number of hydrogen-bond donors (Lipinski definition) is 2. The number of nitrogens with one attached hydrogen (secondary N) is 2. The van der Waals surface area contributed by atoms with Gasteiger partial charge in [0.15, 0.2) is 0 Å². The summed E-state index contributed by atoms with van der Waals surface area (Å²) >= 11 is 0. The molecule has 31 heavy (non-hydrogen) atoms. The third-order valence-corrected chi connectivity index (χ3v) is 5.59. The number of amides is 2. The number of methoxy groups -OCH3 is 1. The number of ether oxygens (including phenoxy) is 1. The predicted molar refractivity (Wildman–Crippen MR) is 123 cm³/mol. The summed E-state index contributed by atoms with van der Waals surface area (Å²) in [6, 6.07) is 11.6. The number of hydrogen-bond acceptors (Lipinski definition) is 6. The molecule has 0 atom stereocenters. The maximum absolute atomic E-state index is 12.9. The summed E-state index contributed by atoms with van der Waals surface area (Å²) in [7, 11) is 1.59. The summed E-state index contributed by atoms with van der Waals surface area (Å²) in [4.78, 5) is 25.8. The molecule has 0 bridgehead atoms. The van der Waals surface area contributed by atoms with Gasteiger partial charge in [-0.05, 0) is 37.2 Å². The van der Waals surface area contributed by atoms with E-state index in [2.05, 4.69) is 38.5 Å². The largest absolute Gasteiger partial charge is 0.494 e. The number of carbonyl (C=O) groups is 1. The molecule has 162 valence electrons. The average molecular weight is 421 g/mol. The first-order chi connectivity index (χ1) is 15.1. The lowest BCUT2D eigenvalue weighted by molar-refractivity contribution is 0.151. The fraction of sp³-hybridized carbons (Fsp3) is 0.348. The highest BCUT2D eigenvalue weighted by Gasteiger charge is 2.21. The van der Waals surface area contributed by atoms with Crippen LogP contribution in [-0.4, -0.2) is 65.6 Å². The Bertz CT molecular complexity index is 1080. The number of carbonyl (C=O) groups excluding carboxylic acids is 1. The van der Waals surface area contributed by atoms with Crippen LogP contribution in [0.15, 0.2) is 42.7 Å². The van der Waals surface area contributed by atoms with Crippen LogP contribution in [0.5, 0.6) is 5.75 Å². The van der Waals surface area contributed by atoms with Gasteiger partial charge in [0.1, 0.15) is 17.9 Å². The minimum atomic E-state index is -0.126. The smallest absolute Gasteiger partial charge is 0.322 e. The van der Waals surface area contributed by atoms with E-state index in [-0.39, 0.29) is 6.03 Å². The van der Waals surface area contributed by atoms with Crippen LogP contribution >= 0.6 is 0 Å². The van der Waals surface area contributed by atoms with Gasteiger partial charge in [0.25, 0.3) is 0 Å². The quantitative estimate of drug-likeness (QED) is 0.652. The topological polar surface area (TPSA) is 82.6 Å². The highest BCUT2D eigenvalue weighted by Crippen LogP contribution is 2.33. The van der Waals surface area contributed by atoms with Crippen molar-refractivity contribution in [2.24, 2.45) is 0 Å². The molecular formula is C23H28N6O2. The third kappa shape index (κ3) is 4.69. The van der Waals surface area contributed by atoms with E-state index in [9.17, 15) is 4.79 Å². The van der Waals surface area contributed by atoms with Gasteiger partial charge in [-0.1, -0.05) is 19.1 Å². The summed E-state index contributed by atoms with van der Waals surface area (Å²) in [6.45, 7) is 8.37. The van der Waals surface area contributed by atoms with Crippen molar-refractivity contribution >= 4 is 34.1 Å². The van der Waals surface area contributed by atoms with Gasteiger partial charge in [0.2, 0.25) is 0 Å². The zero-order valence-electron chi connectivity index (χ0n) is 18.2. The van der Waals surface area contributed by atoms with Crippen molar-refractivity contribution in [3.8, 4) is 5.75 Å². The summed E-state index contributed by atoms with van der Waals surface area (Å²) in [5.74, 6) is 1.23. The van der Waals surface area contributed by atoms with Crippen molar-refractivity contribution in [3.63, 3.8) is 0 Å². The van der Waals surface area contributed by atoms with E-state index in [4.69, 9.17) is 4.74 Å². The van der Waals surface area contributed by atoms with E-state index in [0.717, 1.165) is 41.8 Å². The number of aryl methyl sites for hydroxylation is 1. The van der Waals surface area contributed by atoms with E-state index in [1.54, 1.807) is 7.11 Å². The van der Waals surface area contributed by atoms with Crippen LogP contribution in [0.4, 0.5) is 22.0 Å². The molecule has 4 rings (SSSR count). The number of likely N-dealkylation sites (N-methyl/N-ethyl adjacent to an activating group) is 1. The van der Waals surface area contributed by atoms with E-state index < -0.39 is 0 Å². The van der Waals surface area contributed by atoms with Crippen LogP contribution in [0.3, 0.4) is 0 Å². The van der Waals surface area contributed by atoms with Crippen LogP contribution in [-0.2, 0) is 0 Å². The van der Waals surface area contributed by atoms with Crippen LogP contribution in [0.2, 0.25) is 0 Å². The van der Waals surface area contributed by atoms with Gasteiger partial charge in [-0.25, -0.2) is 14.8 Å². The van der Waals surface area contributed by atoms with Crippen LogP contribution in [0.25, 0.3) is 10.9 Å². The zero-order valence-corrected chi connectivity index (χ0v) is 18.2. The maximum atomic E-state index is 12.9. The van der Waals surface area contributed by atoms with Crippen molar-refractivity contribution in [1.29, 1.82) is 0 Å². The molecule has 8 heteroatoms. The highest BCUT2D eigenvalue weighted by molar-refractivity contribution is 5.99. The first-order valence-electron chi connectivity index (χ1n) is 10.5. The van der Waals surface area contributed by atoms with Crippen molar-refractivity contribution in [2.75, 3.05) is 50.5 Å². The molecule has 2 heterocycles. The molecule has 0 aliphatic carbocycles. The summed E-state index contributed by atoms with van der Waals surface area (Å²) in [5.41, 5.74) is 3.42. The summed E-state index contributed by atoms with van der Waals surface area (Å²) in [5, 5.41) is 7.18. The lowest BCUT2D eigenvalue weighted by atomic mass is 10.1. The molecule has 0 radical (unpaired) electrons. The van der Waals surface area contributed by atoms with E-state index in [1.165, 1.54) is 6.33 Å². The Morgan fingerprint density at radius 1 is 1.13 bits per heavy atom. The third-order valence-electron chi connectivity index (χ3n) is 5.59. The number of piperazine rings is 1. The first kappa shape index (κ1) is 20.9. The van der Waals surface area contributed by atoms with E-state index in [0.29, 0.717) is 30.3 Å². The molecule has 2 aromatic carbocycles. The van der Waals surface area contributed by atoms with E-state index in [1.807, 2.05) is 42.2 Å². The SMILES string of the molecule is CCN1CCN(C(=O)Nc2cc3c(Nc4cccc(C)c4)ncnc3cc2OC)CC1.